The Morgan fingerprint density at radius 3 is 2.58 bits per heavy atom. The predicted octanol–water partition coefficient (Wildman–Crippen LogP) is 2.84. The van der Waals surface area contributed by atoms with E-state index in [4.69, 9.17) is 0 Å². The van der Waals surface area contributed by atoms with Crippen LogP contribution in [0.3, 0.4) is 0 Å². The molecule has 2 fully saturated rings. The maximum Gasteiger partial charge on any atom is 0.320 e. The lowest BCUT2D eigenvalue weighted by Gasteiger charge is -2.36. The summed E-state index contributed by atoms with van der Waals surface area (Å²) >= 11 is 0. The van der Waals surface area contributed by atoms with Crippen molar-refractivity contribution in [1.29, 1.82) is 0 Å². The van der Waals surface area contributed by atoms with Crippen LogP contribution in [0.2, 0.25) is 0 Å². The number of carbonyl (C=O) groups excluding carboxylic acids is 2. The number of aryl methyl sites for hydroxylation is 1. The molecule has 4 rings (SSSR count). The Kier molecular flexibility index (Phi) is 4.34. The first-order valence-corrected chi connectivity index (χ1v) is 9.52. The zero-order valence-electron chi connectivity index (χ0n) is 15.5. The molecule has 2 aliphatic rings. The van der Waals surface area contributed by atoms with Gasteiger partial charge in [0.25, 0.3) is 5.91 Å². The van der Waals surface area contributed by atoms with Gasteiger partial charge in [-0.25, -0.2) is 4.79 Å². The monoisotopic (exact) mass is 354 g/mol. The van der Waals surface area contributed by atoms with Crippen molar-refractivity contribution < 1.29 is 9.59 Å². The second-order valence-corrected chi connectivity index (χ2v) is 7.25. The minimum Gasteiger partial charge on any atom is -0.358 e. The van der Waals surface area contributed by atoms with E-state index >= 15 is 0 Å². The topological polar surface area (TPSA) is 59.6 Å². The molecule has 1 aromatic carbocycles. The van der Waals surface area contributed by atoms with Crippen molar-refractivity contribution in [1.82, 2.24) is 19.7 Å². The highest BCUT2D eigenvalue weighted by Crippen LogP contribution is 2.26. The SMILES string of the molecule is CCN1CCN(C2CCN(C(=O)c3c(C)[nH]c4ccccc34)CC2)C1=O. The highest BCUT2D eigenvalue weighted by atomic mass is 16.2. The number of likely N-dealkylation sites (tertiary alicyclic amines) is 1. The number of rotatable bonds is 3. The summed E-state index contributed by atoms with van der Waals surface area (Å²) in [6.07, 6.45) is 1.72. The molecular formula is C20H26N4O2. The summed E-state index contributed by atoms with van der Waals surface area (Å²) in [6, 6.07) is 8.36. The number of likely N-dealkylation sites (N-methyl/N-ethyl adjacent to an activating group) is 1. The lowest BCUT2D eigenvalue weighted by molar-refractivity contribution is 0.0665. The standard InChI is InChI=1S/C20H26N4O2/c1-3-22-12-13-24(20(22)26)15-8-10-23(11-9-15)19(25)18-14(2)21-17-7-5-4-6-16(17)18/h4-7,15,21H,3,8-13H2,1-2H3. The van der Waals surface area contributed by atoms with E-state index in [0.717, 1.165) is 54.6 Å². The number of nitrogens with one attached hydrogen (secondary N) is 1. The van der Waals surface area contributed by atoms with Crippen LogP contribution in [0.15, 0.2) is 24.3 Å². The van der Waals surface area contributed by atoms with Gasteiger partial charge in [-0.05, 0) is 32.8 Å². The Morgan fingerprint density at radius 1 is 1.15 bits per heavy atom. The van der Waals surface area contributed by atoms with E-state index in [1.54, 1.807) is 0 Å². The molecule has 2 aromatic rings. The lowest BCUT2D eigenvalue weighted by Crippen LogP contribution is -2.48. The van der Waals surface area contributed by atoms with Gasteiger partial charge in [-0.1, -0.05) is 18.2 Å². The van der Waals surface area contributed by atoms with Gasteiger partial charge in [0.15, 0.2) is 0 Å². The quantitative estimate of drug-likeness (QED) is 0.921. The smallest absolute Gasteiger partial charge is 0.320 e. The average Bonchev–Trinajstić information content (AvgIpc) is 3.20. The number of amides is 3. The number of aromatic nitrogens is 1. The molecule has 6 nitrogen and oxygen atoms in total. The van der Waals surface area contributed by atoms with Crippen LogP contribution >= 0.6 is 0 Å². The summed E-state index contributed by atoms with van der Waals surface area (Å²) in [5.41, 5.74) is 2.71. The molecule has 26 heavy (non-hydrogen) atoms. The van der Waals surface area contributed by atoms with Crippen LogP contribution < -0.4 is 0 Å². The van der Waals surface area contributed by atoms with Crippen LogP contribution in [-0.4, -0.2) is 70.4 Å². The number of urea groups is 1. The van der Waals surface area contributed by atoms with Crippen LogP contribution in [-0.2, 0) is 0 Å². The third-order valence-electron chi connectivity index (χ3n) is 5.81. The van der Waals surface area contributed by atoms with Crippen LogP contribution in [0.4, 0.5) is 4.79 Å². The number of nitrogens with zero attached hydrogens (tertiary/aromatic N) is 3. The third-order valence-corrected chi connectivity index (χ3v) is 5.81. The Morgan fingerprint density at radius 2 is 1.88 bits per heavy atom. The molecule has 1 aromatic heterocycles. The van der Waals surface area contributed by atoms with Crippen LogP contribution in [0.5, 0.6) is 0 Å². The maximum absolute atomic E-state index is 13.1. The zero-order valence-corrected chi connectivity index (χ0v) is 15.5. The van der Waals surface area contributed by atoms with Crippen molar-refractivity contribution in [3.05, 3.63) is 35.5 Å². The number of para-hydroxylation sites is 1. The fourth-order valence-electron chi connectivity index (χ4n) is 4.32. The second kappa shape index (κ2) is 6.67. The van der Waals surface area contributed by atoms with Crippen molar-refractivity contribution in [2.45, 2.75) is 32.7 Å². The third kappa shape index (κ3) is 2.73. The van der Waals surface area contributed by atoms with Gasteiger partial charge in [0.1, 0.15) is 0 Å². The molecule has 2 aliphatic heterocycles. The highest BCUT2D eigenvalue weighted by Gasteiger charge is 2.35. The first kappa shape index (κ1) is 16.9. The van der Waals surface area contributed by atoms with Crippen molar-refractivity contribution in [2.75, 3.05) is 32.7 Å². The molecule has 0 unspecified atom stereocenters. The molecular weight excluding hydrogens is 328 g/mol. The minimum atomic E-state index is 0.0985. The van der Waals surface area contributed by atoms with E-state index < -0.39 is 0 Å². The van der Waals surface area contributed by atoms with Gasteiger partial charge in [-0.15, -0.1) is 0 Å². The minimum absolute atomic E-state index is 0.0985. The van der Waals surface area contributed by atoms with Gasteiger partial charge in [0, 0.05) is 55.4 Å². The summed E-state index contributed by atoms with van der Waals surface area (Å²) in [4.78, 5) is 34.7. The summed E-state index contributed by atoms with van der Waals surface area (Å²) in [5.74, 6) is 0.0985. The molecule has 0 saturated carbocycles. The highest BCUT2D eigenvalue weighted by molar-refractivity contribution is 6.08. The van der Waals surface area contributed by atoms with Crippen LogP contribution in [0, 0.1) is 6.92 Å². The van der Waals surface area contributed by atoms with Crippen molar-refractivity contribution >= 4 is 22.8 Å². The van der Waals surface area contributed by atoms with Gasteiger partial charge in [-0.2, -0.15) is 0 Å². The van der Waals surface area contributed by atoms with Crippen LogP contribution in [0.1, 0.15) is 35.8 Å². The molecule has 2 saturated heterocycles. The van der Waals surface area contributed by atoms with Gasteiger partial charge < -0.3 is 19.7 Å². The zero-order chi connectivity index (χ0) is 18.3. The van der Waals surface area contributed by atoms with E-state index in [-0.39, 0.29) is 18.0 Å². The number of piperidine rings is 1. The van der Waals surface area contributed by atoms with Gasteiger partial charge >= 0.3 is 6.03 Å². The summed E-state index contributed by atoms with van der Waals surface area (Å²) in [5, 5.41) is 0.991. The summed E-state index contributed by atoms with van der Waals surface area (Å²) < 4.78 is 0. The summed E-state index contributed by atoms with van der Waals surface area (Å²) in [6.45, 7) is 7.80. The first-order valence-electron chi connectivity index (χ1n) is 9.52. The number of carbonyl (C=O) groups is 2. The number of hydrogen-bond donors (Lipinski definition) is 1. The Balaban J connectivity index is 1.45. The van der Waals surface area contributed by atoms with E-state index in [9.17, 15) is 9.59 Å². The number of aromatic amines is 1. The normalized spacial score (nSPS) is 19.0. The fraction of sp³-hybridized carbons (Fsp3) is 0.500. The molecule has 0 spiro atoms. The number of hydrogen-bond acceptors (Lipinski definition) is 2. The molecule has 6 heteroatoms. The molecule has 3 heterocycles. The van der Waals surface area contributed by atoms with Crippen LogP contribution in [0.25, 0.3) is 10.9 Å². The molecule has 1 N–H and O–H groups in total. The lowest BCUT2D eigenvalue weighted by atomic mass is 10.0. The van der Waals surface area contributed by atoms with Gasteiger partial charge in [-0.3, -0.25) is 4.79 Å². The van der Waals surface area contributed by atoms with Crippen molar-refractivity contribution in [3.8, 4) is 0 Å². The van der Waals surface area contributed by atoms with E-state index in [2.05, 4.69) is 4.98 Å². The van der Waals surface area contributed by atoms with E-state index in [1.165, 1.54) is 0 Å². The predicted molar refractivity (Wildman–Crippen MR) is 101 cm³/mol. The Labute approximate surface area is 153 Å². The maximum atomic E-state index is 13.1. The number of H-pyrrole nitrogens is 1. The molecule has 0 radical (unpaired) electrons. The summed E-state index contributed by atoms with van der Waals surface area (Å²) in [7, 11) is 0. The van der Waals surface area contributed by atoms with E-state index in [1.807, 2.05) is 52.8 Å². The van der Waals surface area contributed by atoms with Crippen molar-refractivity contribution in [3.63, 3.8) is 0 Å². The number of fused-ring (bicyclic) bond motifs is 1. The molecule has 0 aliphatic carbocycles. The van der Waals surface area contributed by atoms with E-state index in [0.29, 0.717) is 13.1 Å². The van der Waals surface area contributed by atoms with Crippen molar-refractivity contribution in [2.24, 2.45) is 0 Å². The fourth-order valence-corrected chi connectivity index (χ4v) is 4.32. The molecule has 0 bridgehead atoms. The number of benzene rings is 1. The Hall–Kier alpha value is -2.50. The average molecular weight is 354 g/mol. The van der Waals surface area contributed by atoms with Gasteiger partial charge in [0.05, 0.1) is 5.56 Å². The first-order chi connectivity index (χ1) is 12.6. The molecule has 0 atom stereocenters. The molecule has 138 valence electrons. The largest absolute Gasteiger partial charge is 0.358 e. The molecule has 3 amide bonds. The Bertz CT molecular complexity index is 835. The van der Waals surface area contributed by atoms with Gasteiger partial charge in [0.2, 0.25) is 0 Å². The second-order valence-electron chi connectivity index (χ2n) is 7.25.